The largest absolute Gasteiger partial charge is 0.379 e. The summed E-state index contributed by atoms with van der Waals surface area (Å²) in [5.74, 6) is 0.247. The average molecular weight is 233 g/mol. The van der Waals surface area contributed by atoms with Gasteiger partial charge in [0.2, 0.25) is 0 Å². The quantitative estimate of drug-likeness (QED) is 0.775. The Morgan fingerprint density at radius 3 is 2.94 bits per heavy atom. The maximum absolute atomic E-state index is 11.9. The fourth-order valence-corrected chi connectivity index (χ4v) is 2.49. The summed E-state index contributed by atoms with van der Waals surface area (Å²) in [7, 11) is 0. The second-order valence-corrected chi connectivity index (χ2v) is 4.54. The molecule has 2 aliphatic rings. The van der Waals surface area contributed by atoms with Crippen molar-refractivity contribution in [2.45, 2.75) is 12.5 Å². The summed E-state index contributed by atoms with van der Waals surface area (Å²) in [5, 5.41) is 1.78. The van der Waals surface area contributed by atoms with Crippen LogP contribution in [0.15, 0.2) is 30.3 Å². The summed E-state index contributed by atoms with van der Waals surface area (Å²) in [6, 6.07) is 9.34. The number of hydrogen-bond donors (Lipinski definition) is 0. The Balaban J connectivity index is 1.66. The van der Waals surface area contributed by atoms with Crippen LogP contribution in [0.2, 0.25) is 0 Å². The average Bonchev–Trinajstić information content (AvgIpc) is 2.95. The molecule has 0 bridgehead atoms. The molecule has 2 fully saturated rings. The second-order valence-electron chi connectivity index (χ2n) is 4.54. The van der Waals surface area contributed by atoms with Crippen LogP contribution in [0.5, 0.6) is 0 Å². The summed E-state index contributed by atoms with van der Waals surface area (Å²) < 4.78 is 5.40. The SMILES string of the molecule is O=C(ON1CC[C@H]2COC[C@H]21)c1ccccc1. The standard InChI is InChI=1S/C13H15NO3/c15-13(10-4-2-1-3-5-10)17-14-7-6-11-8-16-9-12(11)14/h1-5,11-12H,6-9H2/t11-,12+/m0/s1. The van der Waals surface area contributed by atoms with Crippen molar-refractivity contribution < 1.29 is 14.4 Å². The molecule has 0 aliphatic carbocycles. The molecule has 17 heavy (non-hydrogen) atoms. The molecule has 0 radical (unpaired) electrons. The molecule has 4 nitrogen and oxygen atoms in total. The highest BCUT2D eigenvalue weighted by Gasteiger charge is 2.40. The molecular formula is C13H15NO3. The van der Waals surface area contributed by atoms with Crippen LogP contribution in [0.25, 0.3) is 0 Å². The van der Waals surface area contributed by atoms with Crippen LogP contribution in [0, 0.1) is 5.92 Å². The highest BCUT2D eigenvalue weighted by atomic mass is 16.7. The minimum atomic E-state index is -0.279. The number of carbonyl (C=O) groups is 1. The van der Waals surface area contributed by atoms with Gasteiger partial charge in [0.05, 0.1) is 24.8 Å². The van der Waals surface area contributed by atoms with Crippen molar-refractivity contribution in [3.05, 3.63) is 35.9 Å². The molecule has 2 saturated heterocycles. The lowest BCUT2D eigenvalue weighted by molar-refractivity contribution is -0.123. The van der Waals surface area contributed by atoms with Crippen LogP contribution in [0.4, 0.5) is 0 Å². The van der Waals surface area contributed by atoms with Crippen molar-refractivity contribution in [1.29, 1.82) is 0 Å². The monoisotopic (exact) mass is 233 g/mol. The van der Waals surface area contributed by atoms with Gasteiger partial charge >= 0.3 is 5.97 Å². The van der Waals surface area contributed by atoms with Crippen molar-refractivity contribution in [3.8, 4) is 0 Å². The van der Waals surface area contributed by atoms with E-state index in [0.29, 0.717) is 18.1 Å². The summed E-state index contributed by atoms with van der Waals surface area (Å²) in [6.45, 7) is 2.29. The zero-order valence-corrected chi connectivity index (χ0v) is 9.54. The van der Waals surface area contributed by atoms with E-state index in [2.05, 4.69) is 0 Å². The Morgan fingerprint density at radius 2 is 2.12 bits per heavy atom. The van der Waals surface area contributed by atoms with Gasteiger partial charge in [-0.25, -0.2) is 4.79 Å². The van der Waals surface area contributed by atoms with E-state index < -0.39 is 0 Å². The molecule has 0 unspecified atom stereocenters. The molecule has 90 valence electrons. The lowest BCUT2D eigenvalue weighted by Gasteiger charge is -2.20. The van der Waals surface area contributed by atoms with E-state index in [0.717, 1.165) is 19.6 Å². The lowest BCUT2D eigenvalue weighted by Crippen LogP contribution is -2.35. The number of benzene rings is 1. The van der Waals surface area contributed by atoms with Gasteiger partial charge in [-0.15, -0.1) is 5.06 Å². The zero-order chi connectivity index (χ0) is 11.7. The molecule has 2 heterocycles. The van der Waals surface area contributed by atoms with Crippen molar-refractivity contribution in [1.82, 2.24) is 5.06 Å². The van der Waals surface area contributed by atoms with Gasteiger partial charge < -0.3 is 9.57 Å². The van der Waals surface area contributed by atoms with Crippen molar-refractivity contribution in [2.75, 3.05) is 19.8 Å². The molecule has 0 spiro atoms. The predicted molar refractivity (Wildman–Crippen MR) is 61.3 cm³/mol. The molecule has 3 rings (SSSR count). The number of carbonyl (C=O) groups excluding carboxylic acids is 1. The molecule has 0 amide bonds. The topological polar surface area (TPSA) is 38.8 Å². The number of fused-ring (bicyclic) bond motifs is 1. The van der Waals surface area contributed by atoms with E-state index in [-0.39, 0.29) is 12.0 Å². The maximum Gasteiger partial charge on any atom is 0.357 e. The number of nitrogens with zero attached hydrogens (tertiary/aromatic N) is 1. The molecule has 4 heteroatoms. The van der Waals surface area contributed by atoms with Gasteiger partial charge in [0.15, 0.2) is 0 Å². The van der Waals surface area contributed by atoms with Crippen LogP contribution < -0.4 is 0 Å². The third-order valence-electron chi connectivity index (χ3n) is 3.46. The number of ether oxygens (including phenoxy) is 1. The van der Waals surface area contributed by atoms with E-state index in [9.17, 15) is 4.79 Å². The van der Waals surface area contributed by atoms with Crippen molar-refractivity contribution >= 4 is 5.97 Å². The molecule has 2 atom stereocenters. The van der Waals surface area contributed by atoms with E-state index in [4.69, 9.17) is 9.57 Å². The van der Waals surface area contributed by atoms with Gasteiger partial charge in [-0.2, -0.15) is 0 Å². The minimum Gasteiger partial charge on any atom is -0.379 e. The van der Waals surface area contributed by atoms with E-state index in [1.165, 1.54) is 0 Å². The molecule has 0 saturated carbocycles. The van der Waals surface area contributed by atoms with Crippen LogP contribution in [0.3, 0.4) is 0 Å². The third kappa shape index (κ3) is 2.06. The third-order valence-corrected chi connectivity index (χ3v) is 3.46. The van der Waals surface area contributed by atoms with Gasteiger partial charge in [0.1, 0.15) is 0 Å². The smallest absolute Gasteiger partial charge is 0.357 e. The Morgan fingerprint density at radius 1 is 1.29 bits per heavy atom. The van der Waals surface area contributed by atoms with Gasteiger partial charge in [0.25, 0.3) is 0 Å². The van der Waals surface area contributed by atoms with Crippen molar-refractivity contribution in [3.63, 3.8) is 0 Å². The molecule has 1 aromatic carbocycles. The molecule has 0 aromatic heterocycles. The van der Waals surface area contributed by atoms with E-state index in [1.54, 1.807) is 17.2 Å². The summed E-state index contributed by atoms with van der Waals surface area (Å²) in [4.78, 5) is 17.3. The van der Waals surface area contributed by atoms with Gasteiger partial charge in [-0.1, -0.05) is 18.2 Å². The summed E-state index contributed by atoms with van der Waals surface area (Å²) >= 11 is 0. The molecule has 0 N–H and O–H groups in total. The fourth-order valence-electron chi connectivity index (χ4n) is 2.49. The number of hydroxylamine groups is 2. The normalized spacial score (nSPS) is 28.0. The lowest BCUT2D eigenvalue weighted by atomic mass is 10.1. The van der Waals surface area contributed by atoms with E-state index in [1.807, 2.05) is 18.2 Å². The Bertz CT molecular complexity index is 406. The first-order valence-electron chi connectivity index (χ1n) is 5.96. The Kier molecular flexibility index (Phi) is 2.82. The highest BCUT2D eigenvalue weighted by molar-refractivity contribution is 5.89. The maximum atomic E-state index is 11.9. The van der Waals surface area contributed by atoms with Crippen LogP contribution >= 0.6 is 0 Å². The first-order chi connectivity index (χ1) is 8.34. The van der Waals surface area contributed by atoms with Gasteiger partial charge in [0, 0.05) is 12.5 Å². The minimum absolute atomic E-state index is 0.252. The Hall–Kier alpha value is -1.39. The molecule has 2 aliphatic heterocycles. The first kappa shape index (κ1) is 10.7. The summed E-state index contributed by atoms with van der Waals surface area (Å²) in [6.07, 6.45) is 1.05. The highest BCUT2D eigenvalue weighted by Crippen LogP contribution is 2.30. The number of rotatable bonds is 2. The summed E-state index contributed by atoms with van der Waals surface area (Å²) in [5.41, 5.74) is 0.592. The predicted octanol–water partition coefficient (Wildman–Crippen LogP) is 1.48. The van der Waals surface area contributed by atoms with Gasteiger partial charge in [-0.05, 0) is 18.6 Å². The zero-order valence-electron chi connectivity index (χ0n) is 9.54. The molecular weight excluding hydrogens is 218 g/mol. The Labute approximate surface area is 100 Å². The van der Waals surface area contributed by atoms with Gasteiger partial charge in [-0.3, -0.25) is 0 Å². The molecule has 1 aromatic rings. The van der Waals surface area contributed by atoms with Crippen molar-refractivity contribution in [2.24, 2.45) is 5.92 Å². The van der Waals surface area contributed by atoms with Crippen LogP contribution in [0.1, 0.15) is 16.8 Å². The van der Waals surface area contributed by atoms with Crippen LogP contribution in [-0.4, -0.2) is 36.8 Å². The fraction of sp³-hybridized carbons (Fsp3) is 0.462. The number of hydrogen-bond acceptors (Lipinski definition) is 4. The first-order valence-corrected chi connectivity index (χ1v) is 5.96. The van der Waals surface area contributed by atoms with Crippen LogP contribution in [-0.2, 0) is 9.57 Å². The van der Waals surface area contributed by atoms with E-state index >= 15 is 0 Å². The second kappa shape index (κ2) is 4.47.